The number of nitrogens with one attached hydrogen (secondary N) is 1. The Balaban J connectivity index is 1.59. The molecule has 2 aromatic rings. The molecule has 206 valence electrons. The van der Waals surface area contributed by atoms with Gasteiger partial charge in [0.25, 0.3) is 0 Å². The first-order valence-electron chi connectivity index (χ1n) is 12.8. The summed E-state index contributed by atoms with van der Waals surface area (Å²) in [5.74, 6) is 0.687. The van der Waals surface area contributed by atoms with Crippen LogP contribution in [0.5, 0.6) is 5.88 Å². The van der Waals surface area contributed by atoms with E-state index in [1.807, 2.05) is 10.6 Å². The number of hydrogen-bond acceptors (Lipinski definition) is 10. The number of nitrogens with two attached hydrogens (primary N) is 1. The Kier molecular flexibility index (Phi) is 11.2. The molecule has 2 aromatic heterocycles. The number of imidazole rings is 1. The van der Waals surface area contributed by atoms with Crippen molar-refractivity contribution in [3.8, 4) is 5.88 Å². The number of ether oxygens (including phenoxy) is 2. The number of nitrogens with zero attached hydrogens (tertiary/aromatic N) is 4. The molecule has 11 nitrogen and oxygen atoms in total. The van der Waals surface area contributed by atoms with Crippen molar-refractivity contribution in [3.63, 3.8) is 0 Å². The molecule has 0 fully saturated rings. The first-order chi connectivity index (χ1) is 17.8. The predicted molar refractivity (Wildman–Crippen MR) is 147 cm³/mol. The van der Waals surface area contributed by atoms with E-state index in [2.05, 4.69) is 33.0 Å². The largest absolute Gasteiger partial charge is 0.479 e. The average molecular weight is 555 g/mol. The maximum Gasteiger partial charge on any atom is 0.327 e. The molecular formula is C24H39N6O5PS. The Hall–Kier alpha value is -2.14. The molecule has 0 bridgehead atoms. The highest BCUT2D eigenvalue weighted by atomic mass is 32.7. The molecule has 0 aromatic carbocycles. The Labute approximate surface area is 222 Å². The van der Waals surface area contributed by atoms with Crippen LogP contribution in [-0.4, -0.2) is 58.1 Å². The number of anilines is 1. The van der Waals surface area contributed by atoms with Gasteiger partial charge >= 0.3 is 12.7 Å². The van der Waals surface area contributed by atoms with E-state index in [-0.39, 0.29) is 24.5 Å². The van der Waals surface area contributed by atoms with Crippen molar-refractivity contribution >= 4 is 41.2 Å². The first-order valence-corrected chi connectivity index (χ1v) is 16.0. The Morgan fingerprint density at radius 2 is 2.00 bits per heavy atom. The fraction of sp³-hybridized carbons (Fsp3) is 0.667. The van der Waals surface area contributed by atoms with E-state index in [1.54, 1.807) is 13.3 Å². The van der Waals surface area contributed by atoms with Gasteiger partial charge in [-0.25, -0.2) is 10.1 Å². The number of fused-ring (bicyclic) bond motifs is 1. The number of carbonyl (C=O) groups excluding carboxylic acids is 1. The van der Waals surface area contributed by atoms with Gasteiger partial charge in [0, 0.05) is 11.7 Å². The second kappa shape index (κ2) is 14.1. The number of nitrogen functional groups attached to an aromatic ring is 1. The van der Waals surface area contributed by atoms with E-state index in [9.17, 15) is 9.36 Å². The van der Waals surface area contributed by atoms with Crippen LogP contribution in [0.2, 0.25) is 0 Å². The molecule has 1 aliphatic rings. The van der Waals surface area contributed by atoms with Crippen LogP contribution in [0.4, 0.5) is 5.95 Å². The van der Waals surface area contributed by atoms with Gasteiger partial charge in [-0.2, -0.15) is 9.97 Å². The lowest BCUT2D eigenvalue weighted by Crippen LogP contribution is -2.32. The monoisotopic (exact) mass is 554 g/mol. The molecule has 0 aliphatic heterocycles. The van der Waals surface area contributed by atoms with Gasteiger partial charge in [-0.1, -0.05) is 62.6 Å². The topological polar surface area (TPSA) is 143 Å². The number of rotatable bonds is 16. The van der Waals surface area contributed by atoms with Crippen LogP contribution in [0.1, 0.15) is 64.8 Å². The molecule has 13 heteroatoms. The summed E-state index contributed by atoms with van der Waals surface area (Å²) in [5.41, 5.74) is 6.98. The van der Waals surface area contributed by atoms with E-state index in [0.29, 0.717) is 29.2 Å². The van der Waals surface area contributed by atoms with Crippen LogP contribution in [0.15, 0.2) is 18.5 Å². The summed E-state index contributed by atoms with van der Waals surface area (Å²) in [6.07, 6.45) is 13.4. The summed E-state index contributed by atoms with van der Waals surface area (Å²) in [7, 11) is 2.83. The van der Waals surface area contributed by atoms with Crippen molar-refractivity contribution in [1.82, 2.24) is 24.6 Å². The predicted octanol–water partition coefficient (Wildman–Crippen LogP) is 4.90. The molecule has 0 radical (unpaired) electrons. The van der Waals surface area contributed by atoms with Crippen LogP contribution in [0, 0.1) is 5.92 Å². The van der Waals surface area contributed by atoms with E-state index < -0.39 is 18.7 Å². The molecule has 0 spiro atoms. The van der Waals surface area contributed by atoms with Gasteiger partial charge in [0.15, 0.2) is 11.2 Å². The normalized spacial score (nSPS) is 19.7. The van der Waals surface area contributed by atoms with Crippen molar-refractivity contribution in [1.29, 1.82) is 0 Å². The number of carbonyl (C=O) groups is 1. The van der Waals surface area contributed by atoms with Crippen LogP contribution >= 0.6 is 18.1 Å². The number of unbranched alkanes of at least 4 members (excludes halogenated alkanes) is 5. The zero-order valence-electron chi connectivity index (χ0n) is 22.1. The molecule has 4 atom stereocenters. The molecule has 37 heavy (non-hydrogen) atoms. The maximum atomic E-state index is 13.7. The minimum atomic E-state index is -3.33. The van der Waals surface area contributed by atoms with Gasteiger partial charge in [-0.05, 0) is 19.8 Å². The third-order valence-electron chi connectivity index (χ3n) is 6.23. The van der Waals surface area contributed by atoms with E-state index in [4.69, 9.17) is 19.7 Å². The van der Waals surface area contributed by atoms with Crippen molar-refractivity contribution in [2.45, 2.75) is 70.9 Å². The molecule has 3 rings (SSSR count). The fourth-order valence-corrected chi connectivity index (χ4v) is 8.19. The SMILES string of the molecule is CCCCCCCCSP(=O)(N[C@@H](C)C(=O)OC)OC[C@@H]1C=C[C@H](n2cnc3c(OC)nc(N)nc32)C1. The standard InChI is InChI=1S/C24H39N6O5PS/c1-5-6-7-8-9-10-13-37-36(32,29-17(2)23(31)34-4)35-15-18-11-12-19(14-18)30-16-26-20-21(30)27-24(25)28-22(20)33-3/h11-12,16-19H,5-10,13-15H2,1-4H3,(H,29,32)(H2,25,27,28)/t17-,18+,19-,36?/m0/s1. The van der Waals surface area contributed by atoms with Gasteiger partial charge in [-0.15, -0.1) is 0 Å². The number of allylic oxidation sites excluding steroid dienone is 1. The van der Waals surface area contributed by atoms with Gasteiger partial charge in [0.05, 0.1) is 33.2 Å². The second-order valence-corrected chi connectivity index (χ2v) is 13.5. The first kappa shape index (κ1) is 29.4. The zero-order chi connectivity index (χ0) is 26.8. The minimum absolute atomic E-state index is 0.0188. The average Bonchev–Trinajstić information content (AvgIpc) is 3.53. The Bertz CT molecular complexity index is 1110. The van der Waals surface area contributed by atoms with E-state index >= 15 is 0 Å². The lowest BCUT2D eigenvalue weighted by Gasteiger charge is -2.23. The molecule has 0 saturated carbocycles. The Morgan fingerprint density at radius 3 is 2.73 bits per heavy atom. The Morgan fingerprint density at radius 1 is 1.24 bits per heavy atom. The highest BCUT2D eigenvalue weighted by molar-refractivity contribution is 8.56. The summed E-state index contributed by atoms with van der Waals surface area (Å²) in [6.45, 7) is 0.741. The van der Waals surface area contributed by atoms with Crippen LogP contribution < -0.4 is 15.6 Å². The molecule has 2 heterocycles. The quantitative estimate of drug-likeness (QED) is 0.126. The number of methoxy groups -OCH3 is 2. The van der Waals surface area contributed by atoms with Crippen LogP contribution in [0.3, 0.4) is 0 Å². The van der Waals surface area contributed by atoms with Crippen molar-refractivity contribution < 1.29 is 23.4 Å². The highest BCUT2D eigenvalue weighted by Crippen LogP contribution is 2.57. The lowest BCUT2D eigenvalue weighted by atomic mass is 10.1. The smallest absolute Gasteiger partial charge is 0.327 e. The summed E-state index contributed by atoms with van der Waals surface area (Å²) in [5, 5.41) is 2.90. The third kappa shape index (κ3) is 8.17. The summed E-state index contributed by atoms with van der Waals surface area (Å²) >= 11 is 1.26. The summed E-state index contributed by atoms with van der Waals surface area (Å²) < 4.78 is 31.7. The lowest BCUT2D eigenvalue weighted by molar-refractivity contribution is -0.142. The van der Waals surface area contributed by atoms with Crippen molar-refractivity contribution in [2.24, 2.45) is 5.92 Å². The fourth-order valence-electron chi connectivity index (χ4n) is 4.21. The van der Waals surface area contributed by atoms with Crippen LogP contribution in [-0.2, 0) is 18.6 Å². The molecule has 3 N–H and O–H groups in total. The van der Waals surface area contributed by atoms with E-state index in [1.165, 1.54) is 51.3 Å². The van der Waals surface area contributed by atoms with Gasteiger partial charge in [0.2, 0.25) is 11.8 Å². The second-order valence-electron chi connectivity index (χ2n) is 9.13. The highest BCUT2D eigenvalue weighted by Gasteiger charge is 2.32. The number of hydrogen-bond donors (Lipinski definition) is 2. The van der Waals surface area contributed by atoms with Gasteiger partial charge in [0.1, 0.15) is 6.04 Å². The minimum Gasteiger partial charge on any atom is -0.479 e. The summed E-state index contributed by atoms with van der Waals surface area (Å²) in [4.78, 5) is 24.8. The molecule has 1 aliphatic carbocycles. The number of esters is 1. The molecule has 0 amide bonds. The molecule has 1 unspecified atom stereocenters. The van der Waals surface area contributed by atoms with Gasteiger partial charge in [-0.3, -0.25) is 9.36 Å². The van der Waals surface area contributed by atoms with Crippen LogP contribution in [0.25, 0.3) is 11.2 Å². The molecular weight excluding hydrogens is 515 g/mol. The van der Waals surface area contributed by atoms with Crippen molar-refractivity contribution in [3.05, 3.63) is 18.5 Å². The number of aromatic nitrogens is 4. The summed E-state index contributed by atoms with van der Waals surface area (Å²) in [6, 6.07) is -0.757. The zero-order valence-corrected chi connectivity index (χ0v) is 23.8. The van der Waals surface area contributed by atoms with E-state index in [0.717, 1.165) is 12.8 Å². The van der Waals surface area contributed by atoms with Crippen molar-refractivity contribution in [2.75, 3.05) is 32.3 Å². The molecule has 0 saturated heterocycles. The third-order valence-corrected chi connectivity index (χ3v) is 10.4. The maximum absolute atomic E-state index is 13.7. The van der Waals surface area contributed by atoms with Gasteiger partial charge < -0.3 is 24.3 Å².